The number of nitrogens with zero attached hydrogens (tertiary/aromatic N) is 1. The van der Waals surface area contributed by atoms with Gasteiger partial charge in [-0.3, -0.25) is 9.69 Å². The molecule has 0 radical (unpaired) electrons. The molecule has 1 aromatic carbocycles. The van der Waals surface area contributed by atoms with Crippen molar-refractivity contribution in [1.82, 2.24) is 10.2 Å². The minimum Gasteiger partial charge on any atom is -0.330 e. The highest BCUT2D eigenvalue weighted by molar-refractivity contribution is 6.07. The maximum absolute atomic E-state index is 12.5. The molecule has 0 saturated carbocycles. The number of urea groups is 1. The Balaban J connectivity index is 2.60. The number of hydrogen-bond donors (Lipinski definition) is 2. The van der Waals surface area contributed by atoms with Crippen LogP contribution in [0.5, 0.6) is 0 Å². The molecule has 0 bridgehead atoms. The number of rotatable bonds is 3. The SMILES string of the molecule is Cc1ccc(C)c(C2(CCN)NC(=O)N(C)C2=O)c1. The summed E-state index contributed by atoms with van der Waals surface area (Å²) < 4.78 is 0. The Morgan fingerprint density at radius 3 is 2.53 bits per heavy atom. The number of amides is 3. The fourth-order valence-electron chi connectivity index (χ4n) is 2.60. The third-order valence-corrected chi connectivity index (χ3v) is 3.67. The average Bonchev–Trinajstić information content (AvgIpc) is 2.58. The second-order valence-corrected chi connectivity index (χ2v) is 5.06. The monoisotopic (exact) mass is 261 g/mol. The Morgan fingerprint density at radius 2 is 2.00 bits per heavy atom. The number of aryl methyl sites for hydroxylation is 2. The van der Waals surface area contributed by atoms with Crippen molar-refractivity contribution in [2.45, 2.75) is 25.8 Å². The normalized spacial score (nSPS) is 22.8. The molecule has 1 aliphatic heterocycles. The third kappa shape index (κ3) is 2.00. The molecule has 19 heavy (non-hydrogen) atoms. The van der Waals surface area contributed by atoms with Gasteiger partial charge in [0, 0.05) is 7.05 Å². The van der Waals surface area contributed by atoms with Crippen molar-refractivity contribution < 1.29 is 9.59 Å². The summed E-state index contributed by atoms with van der Waals surface area (Å²) in [5, 5.41) is 2.81. The van der Waals surface area contributed by atoms with Crippen molar-refractivity contribution in [2.75, 3.05) is 13.6 Å². The lowest BCUT2D eigenvalue weighted by atomic mass is 9.83. The van der Waals surface area contributed by atoms with Crippen LogP contribution in [0.4, 0.5) is 4.79 Å². The van der Waals surface area contributed by atoms with Gasteiger partial charge in [-0.15, -0.1) is 0 Å². The molecule has 1 unspecified atom stereocenters. The zero-order valence-corrected chi connectivity index (χ0v) is 11.5. The Morgan fingerprint density at radius 1 is 1.32 bits per heavy atom. The summed E-state index contributed by atoms with van der Waals surface area (Å²) in [5.41, 5.74) is 7.49. The van der Waals surface area contributed by atoms with Crippen molar-refractivity contribution >= 4 is 11.9 Å². The molecule has 1 fully saturated rings. The molecule has 1 aromatic rings. The van der Waals surface area contributed by atoms with Gasteiger partial charge in [-0.05, 0) is 37.9 Å². The molecular weight excluding hydrogens is 242 g/mol. The van der Waals surface area contributed by atoms with E-state index >= 15 is 0 Å². The van der Waals surface area contributed by atoms with Gasteiger partial charge in [0.15, 0.2) is 0 Å². The number of hydrogen-bond acceptors (Lipinski definition) is 3. The molecule has 0 aromatic heterocycles. The van der Waals surface area contributed by atoms with E-state index in [1.807, 2.05) is 32.0 Å². The Labute approximate surface area is 112 Å². The van der Waals surface area contributed by atoms with Crippen LogP contribution >= 0.6 is 0 Å². The molecule has 1 heterocycles. The minimum absolute atomic E-state index is 0.239. The van der Waals surface area contributed by atoms with Crippen LogP contribution in [0.25, 0.3) is 0 Å². The zero-order chi connectivity index (χ0) is 14.2. The molecule has 1 aliphatic rings. The summed E-state index contributed by atoms with van der Waals surface area (Å²) in [6, 6.07) is 5.52. The van der Waals surface area contributed by atoms with E-state index < -0.39 is 5.54 Å². The van der Waals surface area contributed by atoms with Crippen LogP contribution in [0, 0.1) is 13.8 Å². The van der Waals surface area contributed by atoms with Crippen LogP contribution in [0.2, 0.25) is 0 Å². The largest absolute Gasteiger partial charge is 0.330 e. The first-order valence-electron chi connectivity index (χ1n) is 6.30. The molecule has 102 valence electrons. The van der Waals surface area contributed by atoms with E-state index in [1.54, 1.807) is 0 Å². The van der Waals surface area contributed by atoms with Crippen molar-refractivity contribution in [1.29, 1.82) is 0 Å². The van der Waals surface area contributed by atoms with Gasteiger partial charge in [-0.1, -0.05) is 23.8 Å². The number of likely N-dealkylation sites (N-methyl/N-ethyl adjacent to an activating group) is 1. The molecule has 0 spiro atoms. The average molecular weight is 261 g/mol. The van der Waals surface area contributed by atoms with Crippen molar-refractivity contribution in [3.63, 3.8) is 0 Å². The number of benzene rings is 1. The topological polar surface area (TPSA) is 75.4 Å². The molecule has 1 atom stereocenters. The zero-order valence-electron chi connectivity index (χ0n) is 11.5. The van der Waals surface area contributed by atoms with Crippen molar-refractivity contribution in [2.24, 2.45) is 5.73 Å². The first kappa shape index (κ1) is 13.5. The predicted octanol–water partition coefficient (Wildman–Crippen LogP) is 1.03. The van der Waals surface area contributed by atoms with E-state index in [0.717, 1.165) is 21.6 Å². The lowest BCUT2D eigenvalue weighted by Gasteiger charge is -2.28. The highest BCUT2D eigenvalue weighted by Gasteiger charge is 2.51. The van der Waals surface area contributed by atoms with Gasteiger partial charge < -0.3 is 11.1 Å². The second kappa shape index (κ2) is 4.66. The van der Waals surface area contributed by atoms with E-state index in [1.165, 1.54) is 7.05 Å². The molecule has 5 nitrogen and oxygen atoms in total. The predicted molar refractivity (Wildman–Crippen MR) is 72.6 cm³/mol. The van der Waals surface area contributed by atoms with E-state index in [4.69, 9.17) is 5.73 Å². The first-order chi connectivity index (χ1) is 8.92. The van der Waals surface area contributed by atoms with Gasteiger partial charge in [0.05, 0.1) is 0 Å². The molecule has 0 aliphatic carbocycles. The molecule has 3 N–H and O–H groups in total. The summed E-state index contributed by atoms with van der Waals surface area (Å²) in [5.74, 6) is -0.239. The number of carbonyl (C=O) groups excluding carboxylic acids is 2. The summed E-state index contributed by atoms with van der Waals surface area (Å²) in [6.07, 6.45) is 0.395. The molecule has 1 saturated heterocycles. The van der Waals surface area contributed by atoms with E-state index in [-0.39, 0.29) is 11.9 Å². The molecule has 2 rings (SSSR count). The highest BCUT2D eigenvalue weighted by atomic mass is 16.2. The van der Waals surface area contributed by atoms with Crippen LogP contribution in [0.1, 0.15) is 23.1 Å². The molecular formula is C14H19N3O2. The third-order valence-electron chi connectivity index (χ3n) is 3.67. The molecule has 5 heteroatoms. The van der Waals surface area contributed by atoms with Crippen molar-refractivity contribution in [3.8, 4) is 0 Å². The summed E-state index contributed by atoms with van der Waals surface area (Å²) in [4.78, 5) is 25.4. The fraction of sp³-hybridized carbons (Fsp3) is 0.429. The lowest BCUT2D eigenvalue weighted by Crippen LogP contribution is -2.46. The van der Waals surface area contributed by atoms with E-state index in [2.05, 4.69) is 5.32 Å². The number of nitrogens with one attached hydrogen (secondary N) is 1. The van der Waals surface area contributed by atoms with Gasteiger partial charge >= 0.3 is 6.03 Å². The number of nitrogens with two attached hydrogens (primary N) is 1. The van der Waals surface area contributed by atoms with Crippen LogP contribution in [0.3, 0.4) is 0 Å². The van der Waals surface area contributed by atoms with Gasteiger partial charge in [-0.25, -0.2) is 4.79 Å². The quantitative estimate of drug-likeness (QED) is 0.798. The van der Waals surface area contributed by atoms with Gasteiger partial charge in [0.2, 0.25) is 0 Å². The van der Waals surface area contributed by atoms with Gasteiger partial charge in [0.25, 0.3) is 5.91 Å². The van der Waals surface area contributed by atoms with Crippen LogP contribution in [0.15, 0.2) is 18.2 Å². The fourth-order valence-corrected chi connectivity index (χ4v) is 2.60. The standard InChI is InChI=1S/C14H19N3O2/c1-9-4-5-10(2)11(8-9)14(6-7-15)12(18)17(3)13(19)16-14/h4-5,8H,6-7,15H2,1-3H3,(H,16,19). The first-order valence-corrected chi connectivity index (χ1v) is 6.30. The summed E-state index contributed by atoms with van der Waals surface area (Å²) in [7, 11) is 1.49. The van der Waals surface area contributed by atoms with Gasteiger partial charge in [-0.2, -0.15) is 0 Å². The highest BCUT2D eigenvalue weighted by Crippen LogP contribution is 2.34. The van der Waals surface area contributed by atoms with Crippen LogP contribution in [-0.2, 0) is 10.3 Å². The maximum atomic E-state index is 12.5. The number of carbonyl (C=O) groups is 2. The Hall–Kier alpha value is -1.88. The summed E-state index contributed by atoms with van der Waals surface area (Å²) >= 11 is 0. The lowest BCUT2D eigenvalue weighted by molar-refractivity contribution is -0.130. The van der Waals surface area contributed by atoms with Crippen LogP contribution < -0.4 is 11.1 Å². The maximum Gasteiger partial charge on any atom is 0.325 e. The Kier molecular flexibility index (Phi) is 3.32. The Bertz CT molecular complexity index is 541. The minimum atomic E-state index is -1.02. The smallest absolute Gasteiger partial charge is 0.325 e. The van der Waals surface area contributed by atoms with E-state index in [9.17, 15) is 9.59 Å². The molecule has 3 amide bonds. The van der Waals surface area contributed by atoms with Gasteiger partial charge in [0.1, 0.15) is 5.54 Å². The summed E-state index contributed by atoms with van der Waals surface area (Å²) in [6.45, 7) is 4.22. The van der Waals surface area contributed by atoms with E-state index in [0.29, 0.717) is 13.0 Å². The van der Waals surface area contributed by atoms with Crippen molar-refractivity contribution in [3.05, 3.63) is 34.9 Å². The second-order valence-electron chi connectivity index (χ2n) is 5.06. The van der Waals surface area contributed by atoms with Crippen LogP contribution in [-0.4, -0.2) is 30.4 Å². The number of imide groups is 1.